The van der Waals surface area contributed by atoms with Gasteiger partial charge in [0.15, 0.2) is 0 Å². The van der Waals surface area contributed by atoms with Gasteiger partial charge in [-0.1, -0.05) is 0 Å². The van der Waals surface area contributed by atoms with E-state index in [2.05, 4.69) is 26.2 Å². The van der Waals surface area contributed by atoms with Crippen LogP contribution < -0.4 is 5.32 Å². The third kappa shape index (κ3) is 2.04. The topological polar surface area (TPSA) is 62.2 Å². The third-order valence-corrected chi connectivity index (χ3v) is 2.61. The number of anilines is 1. The highest BCUT2D eigenvalue weighted by molar-refractivity contribution is 9.10. The highest BCUT2D eigenvalue weighted by Crippen LogP contribution is 2.28. The third-order valence-electron chi connectivity index (χ3n) is 2.01. The number of nitrogens with one attached hydrogen (secondary N) is 1. The van der Waals surface area contributed by atoms with Crippen LogP contribution in [0.2, 0.25) is 0 Å². The Morgan fingerprint density at radius 1 is 1.64 bits per heavy atom. The minimum Gasteiger partial charge on any atom is -0.478 e. The molecule has 2 N–H and O–H groups in total. The number of carbonyl (C=O) groups is 1. The van der Waals surface area contributed by atoms with E-state index in [0.29, 0.717) is 10.5 Å². The fourth-order valence-corrected chi connectivity index (χ4v) is 1.55. The summed E-state index contributed by atoms with van der Waals surface area (Å²) in [7, 11) is 0. The van der Waals surface area contributed by atoms with Gasteiger partial charge in [-0.25, -0.2) is 9.78 Å². The highest BCUT2D eigenvalue weighted by Gasteiger charge is 2.22. The Labute approximate surface area is 89.5 Å². The molecular formula is C9H9BrN2O2. The van der Waals surface area contributed by atoms with Gasteiger partial charge in [0.25, 0.3) is 0 Å². The molecule has 2 rings (SSSR count). The Hall–Kier alpha value is -1.10. The van der Waals surface area contributed by atoms with Gasteiger partial charge in [-0.15, -0.1) is 0 Å². The van der Waals surface area contributed by atoms with E-state index in [0.717, 1.165) is 18.7 Å². The summed E-state index contributed by atoms with van der Waals surface area (Å²) in [4.78, 5) is 14.7. The van der Waals surface area contributed by atoms with Gasteiger partial charge >= 0.3 is 5.97 Å². The molecule has 0 amide bonds. The van der Waals surface area contributed by atoms with Crippen molar-refractivity contribution in [1.82, 2.24) is 4.98 Å². The zero-order valence-corrected chi connectivity index (χ0v) is 8.91. The van der Waals surface area contributed by atoms with Gasteiger partial charge in [-0.05, 0) is 34.8 Å². The van der Waals surface area contributed by atoms with E-state index in [9.17, 15) is 4.79 Å². The van der Waals surface area contributed by atoms with Crippen LogP contribution >= 0.6 is 15.9 Å². The first-order valence-electron chi connectivity index (χ1n) is 4.32. The number of aromatic nitrogens is 1. The second kappa shape index (κ2) is 3.57. The van der Waals surface area contributed by atoms with E-state index in [1.54, 1.807) is 6.07 Å². The standard InChI is InChI=1S/C9H9BrN2O2/c10-7-3-5(9(13)14)4-11-8(7)12-6-1-2-6/h3-4,6H,1-2H2,(H,11,12)(H,13,14). The lowest BCUT2D eigenvalue weighted by atomic mass is 10.3. The number of pyridine rings is 1. The maximum Gasteiger partial charge on any atom is 0.337 e. The Balaban J connectivity index is 2.21. The van der Waals surface area contributed by atoms with Crippen molar-refractivity contribution in [2.24, 2.45) is 0 Å². The smallest absolute Gasteiger partial charge is 0.337 e. The summed E-state index contributed by atoms with van der Waals surface area (Å²) < 4.78 is 0.698. The fourth-order valence-electron chi connectivity index (χ4n) is 1.08. The number of carboxylic acid groups (broad SMARTS) is 1. The van der Waals surface area contributed by atoms with Crippen LogP contribution in [0.25, 0.3) is 0 Å². The van der Waals surface area contributed by atoms with Crippen molar-refractivity contribution in [3.05, 3.63) is 22.3 Å². The maximum absolute atomic E-state index is 10.6. The minimum absolute atomic E-state index is 0.193. The van der Waals surface area contributed by atoms with Crippen LogP contribution in [-0.2, 0) is 0 Å². The first-order valence-corrected chi connectivity index (χ1v) is 5.11. The molecule has 0 aliphatic heterocycles. The summed E-state index contributed by atoms with van der Waals surface area (Å²) in [6, 6.07) is 2.06. The summed E-state index contributed by atoms with van der Waals surface area (Å²) in [6.07, 6.45) is 3.68. The van der Waals surface area contributed by atoms with E-state index in [1.165, 1.54) is 6.20 Å². The lowest BCUT2D eigenvalue weighted by molar-refractivity contribution is 0.0696. The van der Waals surface area contributed by atoms with E-state index < -0.39 is 5.97 Å². The average Bonchev–Trinajstić information content (AvgIpc) is 2.92. The molecule has 74 valence electrons. The molecule has 4 nitrogen and oxygen atoms in total. The lowest BCUT2D eigenvalue weighted by Crippen LogP contribution is -2.05. The van der Waals surface area contributed by atoms with Crippen LogP contribution in [0.5, 0.6) is 0 Å². The van der Waals surface area contributed by atoms with E-state index in [1.807, 2.05) is 0 Å². The summed E-state index contributed by atoms with van der Waals surface area (Å²) in [5, 5.41) is 11.9. The molecule has 1 saturated carbocycles. The molecule has 0 spiro atoms. The SMILES string of the molecule is O=C(O)c1cnc(NC2CC2)c(Br)c1. The van der Waals surface area contributed by atoms with Gasteiger partial charge in [-0.2, -0.15) is 0 Å². The molecule has 0 atom stereocenters. The maximum atomic E-state index is 10.6. The van der Waals surface area contributed by atoms with Crippen LogP contribution in [0, 0.1) is 0 Å². The fraction of sp³-hybridized carbons (Fsp3) is 0.333. The molecule has 0 aromatic carbocycles. The second-order valence-corrected chi connectivity index (χ2v) is 4.13. The van der Waals surface area contributed by atoms with Gasteiger partial charge in [0.05, 0.1) is 10.0 Å². The number of hydrogen-bond acceptors (Lipinski definition) is 3. The number of aromatic carboxylic acids is 1. The summed E-state index contributed by atoms with van der Waals surface area (Å²) >= 11 is 3.28. The molecule has 1 aromatic heterocycles. The number of rotatable bonds is 3. The summed E-state index contributed by atoms with van der Waals surface area (Å²) in [6.45, 7) is 0. The van der Waals surface area contributed by atoms with E-state index in [-0.39, 0.29) is 5.56 Å². The first-order chi connectivity index (χ1) is 6.66. The molecule has 5 heteroatoms. The normalized spacial score (nSPS) is 15.2. The highest BCUT2D eigenvalue weighted by atomic mass is 79.9. The Kier molecular flexibility index (Phi) is 2.41. The molecule has 1 aliphatic carbocycles. The predicted molar refractivity (Wildman–Crippen MR) is 55.5 cm³/mol. The zero-order chi connectivity index (χ0) is 10.1. The molecular weight excluding hydrogens is 248 g/mol. The second-order valence-electron chi connectivity index (χ2n) is 3.28. The van der Waals surface area contributed by atoms with Crippen molar-refractivity contribution in [1.29, 1.82) is 0 Å². The van der Waals surface area contributed by atoms with E-state index >= 15 is 0 Å². The summed E-state index contributed by atoms with van der Waals surface area (Å²) in [5.74, 6) is -0.242. The van der Waals surface area contributed by atoms with Crippen LogP contribution in [0.15, 0.2) is 16.7 Å². The Bertz CT molecular complexity index is 377. The van der Waals surface area contributed by atoms with Crippen LogP contribution in [0.1, 0.15) is 23.2 Å². The Morgan fingerprint density at radius 3 is 2.86 bits per heavy atom. The van der Waals surface area contributed by atoms with Crippen molar-refractivity contribution in [3.63, 3.8) is 0 Å². The lowest BCUT2D eigenvalue weighted by Gasteiger charge is -2.05. The van der Waals surface area contributed by atoms with Crippen LogP contribution in [0.4, 0.5) is 5.82 Å². The molecule has 0 radical (unpaired) electrons. The molecule has 0 bridgehead atoms. The van der Waals surface area contributed by atoms with Gasteiger partial charge in [0.2, 0.25) is 0 Å². The molecule has 0 unspecified atom stereocenters. The van der Waals surface area contributed by atoms with Crippen molar-refractivity contribution in [2.45, 2.75) is 18.9 Å². The van der Waals surface area contributed by atoms with Crippen LogP contribution in [-0.4, -0.2) is 22.1 Å². The number of halogens is 1. The molecule has 1 aromatic rings. The van der Waals surface area contributed by atoms with Crippen molar-refractivity contribution in [3.8, 4) is 0 Å². The number of carboxylic acids is 1. The van der Waals surface area contributed by atoms with Crippen LogP contribution in [0.3, 0.4) is 0 Å². The monoisotopic (exact) mass is 256 g/mol. The van der Waals surface area contributed by atoms with Crippen molar-refractivity contribution in [2.75, 3.05) is 5.32 Å². The average molecular weight is 257 g/mol. The molecule has 1 heterocycles. The van der Waals surface area contributed by atoms with Gasteiger partial charge in [0, 0.05) is 12.2 Å². The molecule has 1 fully saturated rings. The molecule has 1 aliphatic rings. The van der Waals surface area contributed by atoms with Gasteiger partial charge in [0.1, 0.15) is 5.82 Å². The number of hydrogen-bond donors (Lipinski definition) is 2. The molecule has 0 saturated heterocycles. The zero-order valence-electron chi connectivity index (χ0n) is 7.33. The Morgan fingerprint density at radius 2 is 2.36 bits per heavy atom. The number of nitrogens with zero attached hydrogens (tertiary/aromatic N) is 1. The van der Waals surface area contributed by atoms with Gasteiger partial charge in [-0.3, -0.25) is 0 Å². The molecule has 14 heavy (non-hydrogen) atoms. The van der Waals surface area contributed by atoms with Gasteiger partial charge < -0.3 is 10.4 Å². The minimum atomic E-state index is -0.962. The first kappa shape index (κ1) is 9.45. The largest absolute Gasteiger partial charge is 0.478 e. The summed E-state index contributed by atoms with van der Waals surface area (Å²) in [5.41, 5.74) is 0.193. The van der Waals surface area contributed by atoms with Crippen molar-refractivity contribution < 1.29 is 9.90 Å². The predicted octanol–water partition coefficient (Wildman–Crippen LogP) is 2.12. The quantitative estimate of drug-likeness (QED) is 0.870. The van der Waals surface area contributed by atoms with E-state index in [4.69, 9.17) is 5.11 Å². The van der Waals surface area contributed by atoms with Crippen molar-refractivity contribution >= 4 is 27.7 Å².